The van der Waals surface area contributed by atoms with E-state index in [4.69, 9.17) is 5.73 Å². The van der Waals surface area contributed by atoms with Crippen molar-refractivity contribution in [2.45, 2.75) is 31.3 Å². The predicted octanol–water partition coefficient (Wildman–Crippen LogP) is 3.78. The van der Waals surface area contributed by atoms with Gasteiger partial charge in [0.1, 0.15) is 11.6 Å². The Labute approximate surface area is 137 Å². The summed E-state index contributed by atoms with van der Waals surface area (Å²) in [7, 11) is 0. The molecular weight excluding hydrogens is 318 g/mol. The molecule has 0 radical (unpaired) electrons. The minimum absolute atomic E-state index is 0.0183. The first-order valence-electron chi connectivity index (χ1n) is 7.59. The Morgan fingerprint density at radius 3 is 2.91 bits per heavy atom. The van der Waals surface area contributed by atoms with Gasteiger partial charge in [0.15, 0.2) is 0 Å². The van der Waals surface area contributed by atoms with Gasteiger partial charge in [-0.25, -0.2) is 8.78 Å². The molecule has 0 saturated carbocycles. The molecule has 1 saturated heterocycles. The van der Waals surface area contributed by atoms with E-state index >= 15 is 0 Å². The summed E-state index contributed by atoms with van der Waals surface area (Å²) in [4.78, 5) is 15.6. The van der Waals surface area contributed by atoms with Gasteiger partial charge in [-0.3, -0.25) is 4.79 Å². The van der Waals surface area contributed by atoms with E-state index < -0.39 is 17.7 Å². The lowest BCUT2D eigenvalue weighted by Crippen LogP contribution is -2.32. The largest absolute Gasteiger partial charge is 0.335 e. The molecule has 2 atom stereocenters. The molecule has 3 rings (SSSR count). The molecule has 1 fully saturated rings. The fraction of sp³-hybridized carbons (Fsp3) is 0.353. The van der Waals surface area contributed by atoms with Crippen molar-refractivity contribution in [1.29, 1.82) is 0 Å². The van der Waals surface area contributed by atoms with Gasteiger partial charge >= 0.3 is 0 Å². The number of rotatable bonds is 4. The molecule has 2 N–H and O–H groups in total. The van der Waals surface area contributed by atoms with Crippen molar-refractivity contribution in [2.24, 2.45) is 5.73 Å². The molecular formula is C17H18F2N2OS. The molecule has 1 aliphatic heterocycles. The molecule has 3 nitrogen and oxygen atoms in total. The second-order valence-corrected chi connectivity index (χ2v) is 6.72. The smallest absolute Gasteiger partial charge is 0.225 e. The van der Waals surface area contributed by atoms with Crippen LogP contribution >= 0.6 is 11.3 Å². The quantitative estimate of drug-likeness (QED) is 0.923. The maximum Gasteiger partial charge on any atom is 0.225 e. The van der Waals surface area contributed by atoms with Crippen LogP contribution in [0, 0.1) is 11.6 Å². The van der Waals surface area contributed by atoms with Gasteiger partial charge in [-0.05, 0) is 30.4 Å². The highest BCUT2D eigenvalue weighted by Crippen LogP contribution is 2.35. The van der Waals surface area contributed by atoms with Crippen LogP contribution in [0.4, 0.5) is 8.78 Å². The van der Waals surface area contributed by atoms with Crippen LogP contribution in [0.15, 0.2) is 35.7 Å². The lowest BCUT2D eigenvalue weighted by Gasteiger charge is -2.25. The molecule has 122 valence electrons. The lowest BCUT2D eigenvalue weighted by molar-refractivity contribution is -0.132. The van der Waals surface area contributed by atoms with E-state index in [1.165, 1.54) is 6.07 Å². The number of nitrogens with two attached hydrogens (primary N) is 1. The zero-order valence-electron chi connectivity index (χ0n) is 12.5. The lowest BCUT2D eigenvalue weighted by atomic mass is 10.0. The van der Waals surface area contributed by atoms with Gasteiger partial charge in [0.2, 0.25) is 5.91 Å². The first-order chi connectivity index (χ1) is 11.1. The number of carbonyl (C=O) groups is 1. The van der Waals surface area contributed by atoms with E-state index in [0.29, 0.717) is 6.54 Å². The standard InChI is InChI=1S/C17H18F2N2OS/c18-11-5-6-12(13(19)9-11)14(20)10-17(22)21-7-1-3-15(21)16-4-2-8-23-16/h2,4-6,8-9,14-15H,1,3,7,10,20H2. The Morgan fingerprint density at radius 2 is 2.22 bits per heavy atom. The number of amides is 1. The van der Waals surface area contributed by atoms with Crippen molar-refractivity contribution < 1.29 is 13.6 Å². The molecule has 6 heteroatoms. The molecule has 2 heterocycles. The maximum absolute atomic E-state index is 13.8. The summed E-state index contributed by atoms with van der Waals surface area (Å²) in [5.74, 6) is -1.44. The first kappa shape index (κ1) is 16.1. The van der Waals surface area contributed by atoms with Crippen molar-refractivity contribution in [1.82, 2.24) is 4.90 Å². The minimum Gasteiger partial charge on any atom is -0.335 e. The first-order valence-corrected chi connectivity index (χ1v) is 8.47. The molecule has 0 bridgehead atoms. The molecule has 1 amide bonds. The van der Waals surface area contributed by atoms with Crippen molar-refractivity contribution in [2.75, 3.05) is 6.54 Å². The average Bonchev–Trinajstić information content (AvgIpc) is 3.18. The molecule has 23 heavy (non-hydrogen) atoms. The molecule has 2 unspecified atom stereocenters. The number of hydrogen-bond donors (Lipinski definition) is 1. The third-order valence-corrected chi connectivity index (χ3v) is 5.17. The molecule has 0 spiro atoms. The van der Waals surface area contributed by atoms with Crippen LogP contribution in [-0.4, -0.2) is 17.4 Å². The van der Waals surface area contributed by atoms with Crippen LogP contribution < -0.4 is 5.73 Å². The zero-order valence-corrected chi connectivity index (χ0v) is 13.4. The number of hydrogen-bond acceptors (Lipinski definition) is 3. The minimum atomic E-state index is -0.771. The van der Waals surface area contributed by atoms with Crippen LogP contribution in [0.2, 0.25) is 0 Å². The highest BCUT2D eigenvalue weighted by Gasteiger charge is 2.31. The topological polar surface area (TPSA) is 46.3 Å². The van der Waals surface area contributed by atoms with Crippen LogP contribution in [0.25, 0.3) is 0 Å². The fourth-order valence-corrected chi connectivity index (χ4v) is 3.93. The molecule has 1 aromatic heterocycles. The van der Waals surface area contributed by atoms with Gasteiger partial charge in [0, 0.05) is 35.5 Å². The van der Waals surface area contributed by atoms with Crippen LogP contribution in [0.3, 0.4) is 0 Å². The van der Waals surface area contributed by atoms with Gasteiger partial charge in [0.25, 0.3) is 0 Å². The summed E-state index contributed by atoms with van der Waals surface area (Å²) in [5, 5.41) is 2.00. The van der Waals surface area contributed by atoms with Gasteiger partial charge in [-0.1, -0.05) is 12.1 Å². The van der Waals surface area contributed by atoms with Gasteiger partial charge in [-0.2, -0.15) is 0 Å². The van der Waals surface area contributed by atoms with Crippen LogP contribution in [0.5, 0.6) is 0 Å². The number of carbonyl (C=O) groups excluding carboxylic acids is 1. The number of halogens is 2. The molecule has 1 aliphatic rings. The van der Waals surface area contributed by atoms with E-state index in [2.05, 4.69) is 0 Å². The Morgan fingerprint density at radius 1 is 1.39 bits per heavy atom. The molecule has 0 aliphatic carbocycles. The summed E-state index contributed by atoms with van der Waals surface area (Å²) in [5.41, 5.74) is 6.14. The normalized spacial score (nSPS) is 19.1. The summed E-state index contributed by atoms with van der Waals surface area (Å²) in [6, 6.07) is 6.59. The zero-order chi connectivity index (χ0) is 16.4. The number of likely N-dealkylation sites (tertiary alicyclic amines) is 1. The van der Waals surface area contributed by atoms with Crippen molar-refractivity contribution in [3.63, 3.8) is 0 Å². The van der Waals surface area contributed by atoms with Gasteiger partial charge < -0.3 is 10.6 Å². The van der Waals surface area contributed by atoms with Crippen molar-refractivity contribution in [3.8, 4) is 0 Å². The summed E-state index contributed by atoms with van der Waals surface area (Å²) < 4.78 is 26.8. The van der Waals surface area contributed by atoms with E-state index in [1.54, 1.807) is 11.3 Å². The Hall–Kier alpha value is -1.79. The third-order valence-electron chi connectivity index (χ3n) is 4.20. The summed E-state index contributed by atoms with van der Waals surface area (Å²) in [6.07, 6.45) is 1.91. The predicted molar refractivity (Wildman–Crippen MR) is 85.9 cm³/mol. The molecule has 1 aromatic carbocycles. The van der Waals surface area contributed by atoms with E-state index in [0.717, 1.165) is 29.9 Å². The Kier molecular flexibility index (Phi) is 4.73. The van der Waals surface area contributed by atoms with Crippen LogP contribution in [0.1, 0.15) is 41.8 Å². The van der Waals surface area contributed by atoms with Gasteiger partial charge in [0.05, 0.1) is 6.04 Å². The fourth-order valence-electron chi connectivity index (χ4n) is 3.06. The van der Waals surface area contributed by atoms with Crippen molar-refractivity contribution in [3.05, 3.63) is 57.8 Å². The molecule has 2 aromatic rings. The second-order valence-electron chi connectivity index (χ2n) is 5.74. The SMILES string of the molecule is NC(CC(=O)N1CCCC1c1cccs1)c1ccc(F)cc1F. The third kappa shape index (κ3) is 3.43. The van der Waals surface area contributed by atoms with E-state index in [9.17, 15) is 13.6 Å². The number of nitrogens with zero attached hydrogens (tertiary/aromatic N) is 1. The maximum atomic E-state index is 13.8. The van der Waals surface area contributed by atoms with E-state index in [-0.39, 0.29) is 23.9 Å². The highest BCUT2D eigenvalue weighted by molar-refractivity contribution is 7.10. The van der Waals surface area contributed by atoms with Crippen molar-refractivity contribution >= 4 is 17.2 Å². The monoisotopic (exact) mass is 336 g/mol. The van der Waals surface area contributed by atoms with Crippen LogP contribution in [-0.2, 0) is 4.79 Å². The summed E-state index contributed by atoms with van der Waals surface area (Å²) >= 11 is 1.63. The van der Waals surface area contributed by atoms with E-state index in [1.807, 2.05) is 22.4 Å². The Balaban J connectivity index is 1.71. The van der Waals surface area contributed by atoms with Gasteiger partial charge in [-0.15, -0.1) is 11.3 Å². The Bertz CT molecular complexity index is 690. The number of thiophene rings is 1. The number of benzene rings is 1. The highest BCUT2D eigenvalue weighted by atomic mass is 32.1. The second kappa shape index (κ2) is 6.76. The average molecular weight is 336 g/mol. The summed E-state index contributed by atoms with van der Waals surface area (Å²) in [6.45, 7) is 0.694.